The number of hydrogen-bond donors (Lipinski definition) is 1. The molecule has 3 aromatic rings. The van der Waals surface area contributed by atoms with E-state index >= 15 is 0 Å². The fourth-order valence-corrected chi connectivity index (χ4v) is 3.15. The van der Waals surface area contributed by atoms with Gasteiger partial charge in [0.2, 0.25) is 5.91 Å². The van der Waals surface area contributed by atoms with E-state index in [1.807, 2.05) is 73.4 Å². The Kier molecular flexibility index (Phi) is 7.87. The summed E-state index contributed by atoms with van der Waals surface area (Å²) in [4.78, 5) is 12.1. The van der Waals surface area contributed by atoms with Crippen LogP contribution in [0.3, 0.4) is 0 Å². The topological polar surface area (TPSA) is 65.4 Å². The molecule has 162 valence electrons. The van der Waals surface area contributed by atoms with Gasteiger partial charge in [0.1, 0.15) is 18.1 Å². The first-order valence-corrected chi connectivity index (χ1v) is 10.3. The number of ether oxygens (including phenoxy) is 2. The van der Waals surface area contributed by atoms with Crippen LogP contribution >= 0.6 is 0 Å². The molecule has 2 aromatic carbocycles. The average molecular weight is 420 g/mol. The molecule has 0 aliphatic carbocycles. The van der Waals surface area contributed by atoms with E-state index < -0.39 is 0 Å². The number of benzene rings is 2. The minimum absolute atomic E-state index is 0.120. The van der Waals surface area contributed by atoms with Crippen molar-refractivity contribution in [3.63, 3.8) is 0 Å². The van der Waals surface area contributed by atoms with Gasteiger partial charge in [0.05, 0.1) is 13.3 Å². The van der Waals surface area contributed by atoms with E-state index in [1.165, 1.54) is 0 Å². The summed E-state index contributed by atoms with van der Waals surface area (Å²) in [5, 5.41) is 7.14. The number of rotatable bonds is 10. The number of methoxy groups -OCH3 is 1. The van der Waals surface area contributed by atoms with Gasteiger partial charge in [-0.3, -0.25) is 9.48 Å². The predicted octanol–water partition coefficient (Wildman–Crippen LogP) is 4.31. The van der Waals surface area contributed by atoms with Crippen molar-refractivity contribution in [2.75, 3.05) is 13.7 Å². The number of nitrogens with one attached hydrogen (secondary N) is 1. The molecule has 0 fully saturated rings. The molecule has 0 spiro atoms. The molecule has 1 amide bonds. The second-order valence-corrected chi connectivity index (χ2v) is 7.44. The molecule has 0 radical (unpaired) electrons. The van der Waals surface area contributed by atoms with E-state index in [2.05, 4.69) is 10.4 Å². The Morgan fingerprint density at radius 2 is 2.03 bits per heavy atom. The normalized spacial score (nSPS) is 10.9. The summed E-state index contributed by atoms with van der Waals surface area (Å²) in [6.07, 6.45) is 7.98. The van der Waals surface area contributed by atoms with Crippen LogP contribution in [0, 0.1) is 13.8 Å². The van der Waals surface area contributed by atoms with Gasteiger partial charge in [-0.2, -0.15) is 5.10 Å². The molecule has 0 aliphatic heterocycles. The standard InChI is InChI=1S/C25H29N3O3/c1-19-6-4-7-23(14-19)31-18-22-15-21(8-10-24(22)30-3)9-11-25(29)26-12-5-13-28-17-20(2)16-27-28/h4,6-11,14-17H,5,12-13,18H2,1-3H3,(H,26,29)/b11-9+. The van der Waals surface area contributed by atoms with Gasteiger partial charge in [-0.05, 0) is 67.3 Å². The summed E-state index contributed by atoms with van der Waals surface area (Å²) in [5.74, 6) is 1.45. The zero-order chi connectivity index (χ0) is 22.1. The van der Waals surface area contributed by atoms with Crippen molar-refractivity contribution < 1.29 is 14.3 Å². The number of carbonyl (C=O) groups is 1. The summed E-state index contributed by atoms with van der Waals surface area (Å²) in [6.45, 7) is 5.80. The lowest BCUT2D eigenvalue weighted by molar-refractivity contribution is -0.116. The molecule has 6 heteroatoms. The molecule has 0 unspecified atom stereocenters. The number of nitrogens with zero attached hydrogens (tertiary/aromatic N) is 2. The number of aryl methyl sites for hydroxylation is 3. The summed E-state index contributed by atoms with van der Waals surface area (Å²) < 4.78 is 13.2. The molecule has 31 heavy (non-hydrogen) atoms. The second kappa shape index (κ2) is 11.0. The molecule has 0 saturated carbocycles. The first kappa shape index (κ1) is 22.2. The smallest absolute Gasteiger partial charge is 0.244 e. The van der Waals surface area contributed by atoms with Crippen molar-refractivity contribution in [1.29, 1.82) is 0 Å². The Bertz CT molecular complexity index is 1040. The molecular formula is C25H29N3O3. The maximum Gasteiger partial charge on any atom is 0.244 e. The van der Waals surface area contributed by atoms with Crippen molar-refractivity contribution in [2.45, 2.75) is 33.4 Å². The van der Waals surface area contributed by atoms with Crippen LogP contribution in [0.25, 0.3) is 6.08 Å². The third-order valence-electron chi connectivity index (χ3n) is 4.74. The molecule has 1 heterocycles. The molecule has 0 saturated heterocycles. The number of aromatic nitrogens is 2. The summed E-state index contributed by atoms with van der Waals surface area (Å²) in [7, 11) is 1.64. The Morgan fingerprint density at radius 1 is 1.16 bits per heavy atom. The summed E-state index contributed by atoms with van der Waals surface area (Å²) >= 11 is 0. The van der Waals surface area contributed by atoms with E-state index in [4.69, 9.17) is 9.47 Å². The van der Waals surface area contributed by atoms with Crippen LogP contribution in [-0.2, 0) is 17.9 Å². The molecule has 1 N–H and O–H groups in total. The largest absolute Gasteiger partial charge is 0.496 e. The lowest BCUT2D eigenvalue weighted by Crippen LogP contribution is -2.23. The molecule has 1 aromatic heterocycles. The lowest BCUT2D eigenvalue weighted by Gasteiger charge is -2.11. The highest BCUT2D eigenvalue weighted by atomic mass is 16.5. The van der Waals surface area contributed by atoms with Crippen LogP contribution in [0.15, 0.2) is 60.9 Å². The van der Waals surface area contributed by atoms with Crippen LogP contribution in [0.2, 0.25) is 0 Å². The zero-order valence-corrected chi connectivity index (χ0v) is 18.3. The number of amides is 1. The summed E-state index contributed by atoms with van der Waals surface area (Å²) in [5.41, 5.74) is 4.11. The highest BCUT2D eigenvalue weighted by molar-refractivity contribution is 5.91. The average Bonchev–Trinajstić information content (AvgIpc) is 3.19. The number of hydrogen-bond acceptors (Lipinski definition) is 4. The van der Waals surface area contributed by atoms with Crippen molar-refractivity contribution in [1.82, 2.24) is 15.1 Å². The van der Waals surface area contributed by atoms with Crippen molar-refractivity contribution in [3.8, 4) is 11.5 Å². The van der Waals surface area contributed by atoms with Gasteiger partial charge in [-0.25, -0.2) is 0 Å². The molecule has 0 bridgehead atoms. The van der Waals surface area contributed by atoms with Crippen LogP contribution in [0.4, 0.5) is 0 Å². The van der Waals surface area contributed by atoms with E-state index in [0.717, 1.165) is 46.7 Å². The van der Waals surface area contributed by atoms with Gasteiger partial charge in [0, 0.05) is 30.9 Å². The summed E-state index contributed by atoms with van der Waals surface area (Å²) in [6, 6.07) is 13.7. The third-order valence-corrected chi connectivity index (χ3v) is 4.74. The minimum Gasteiger partial charge on any atom is -0.496 e. The monoisotopic (exact) mass is 419 g/mol. The molecule has 6 nitrogen and oxygen atoms in total. The first-order valence-electron chi connectivity index (χ1n) is 10.3. The Morgan fingerprint density at radius 3 is 2.77 bits per heavy atom. The van der Waals surface area contributed by atoms with Crippen molar-refractivity contribution in [2.24, 2.45) is 0 Å². The van der Waals surface area contributed by atoms with Gasteiger partial charge in [0.25, 0.3) is 0 Å². The highest BCUT2D eigenvalue weighted by Crippen LogP contribution is 2.23. The molecule has 3 rings (SSSR count). The maximum absolute atomic E-state index is 12.1. The van der Waals surface area contributed by atoms with Crippen LogP contribution in [0.5, 0.6) is 11.5 Å². The number of carbonyl (C=O) groups excluding carboxylic acids is 1. The van der Waals surface area contributed by atoms with Crippen LogP contribution < -0.4 is 14.8 Å². The van der Waals surface area contributed by atoms with E-state index in [9.17, 15) is 4.79 Å². The van der Waals surface area contributed by atoms with Gasteiger partial charge < -0.3 is 14.8 Å². The maximum atomic E-state index is 12.1. The van der Waals surface area contributed by atoms with Gasteiger partial charge >= 0.3 is 0 Å². The Balaban J connectivity index is 1.52. The van der Waals surface area contributed by atoms with Crippen molar-refractivity contribution in [3.05, 3.63) is 83.2 Å². The van der Waals surface area contributed by atoms with Crippen LogP contribution in [-0.4, -0.2) is 29.3 Å². The fourth-order valence-electron chi connectivity index (χ4n) is 3.15. The van der Waals surface area contributed by atoms with Gasteiger partial charge in [-0.1, -0.05) is 18.2 Å². The predicted molar refractivity (Wildman–Crippen MR) is 122 cm³/mol. The lowest BCUT2D eigenvalue weighted by atomic mass is 10.1. The highest BCUT2D eigenvalue weighted by Gasteiger charge is 2.06. The Labute approximate surface area is 183 Å². The third kappa shape index (κ3) is 7.03. The van der Waals surface area contributed by atoms with Gasteiger partial charge in [-0.15, -0.1) is 0 Å². The molecule has 0 aliphatic rings. The second-order valence-electron chi connectivity index (χ2n) is 7.44. The minimum atomic E-state index is -0.120. The SMILES string of the molecule is COc1ccc(/C=C/C(=O)NCCCn2cc(C)cn2)cc1COc1cccc(C)c1. The first-order chi connectivity index (χ1) is 15.0. The van der Waals surface area contributed by atoms with E-state index in [-0.39, 0.29) is 5.91 Å². The van der Waals surface area contributed by atoms with Gasteiger partial charge in [0.15, 0.2) is 0 Å². The zero-order valence-electron chi connectivity index (χ0n) is 18.3. The Hall–Kier alpha value is -3.54. The van der Waals surface area contributed by atoms with E-state index in [1.54, 1.807) is 19.3 Å². The van der Waals surface area contributed by atoms with Crippen LogP contribution in [0.1, 0.15) is 28.7 Å². The van der Waals surface area contributed by atoms with E-state index in [0.29, 0.717) is 13.2 Å². The van der Waals surface area contributed by atoms with Crippen molar-refractivity contribution >= 4 is 12.0 Å². The fraction of sp³-hybridized carbons (Fsp3) is 0.280. The molecule has 0 atom stereocenters. The molecular weight excluding hydrogens is 390 g/mol. The quantitative estimate of drug-likeness (QED) is 0.393.